The van der Waals surface area contributed by atoms with Crippen LogP contribution in [0.15, 0.2) is 54.6 Å². The second-order valence-electron chi connectivity index (χ2n) is 7.83. The molecular weight excluding hydrogens is 368 g/mol. The van der Waals surface area contributed by atoms with E-state index >= 15 is 0 Å². The molecule has 29 heavy (non-hydrogen) atoms. The van der Waals surface area contributed by atoms with E-state index in [4.69, 9.17) is 9.47 Å². The average molecular weight is 392 g/mol. The molecule has 3 aliphatic rings. The third kappa shape index (κ3) is 2.99. The minimum atomic E-state index is -0.634. The third-order valence-electron chi connectivity index (χ3n) is 6.23. The van der Waals surface area contributed by atoms with E-state index in [-0.39, 0.29) is 17.9 Å². The molecule has 2 aromatic carbocycles. The highest BCUT2D eigenvalue weighted by Gasteiger charge is 2.61. The molecule has 3 aliphatic heterocycles. The van der Waals surface area contributed by atoms with Gasteiger partial charge in [-0.1, -0.05) is 42.5 Å². The number of amides is 2. The minimum Gasteiger partial charge on any atom is -0.488 e. The van der Waals surface area contributed by atoms with Gasteiger partial charge in [0.1, 0.15) is 12.4 Å². The van der Waals surface area contributed by atoms with Crippen LogP contribution in [0.4, 0.5) is 0 Å². The number of rotatable bonds is 4. The zero-order valence-electron chi connectivity index (χ0n) is 16.3. The lowest BCUT2D eigenvalue weighted by Gasteiger charge is -2.42. The summed E-state index contributed by atoms with van der Waals surface area (Å²) < 4.78 is 12.1. The van der Waals surface area contributed by atoms with E-state index in [1.54, 1.807) is 6.07 Å². The molecule has 0 aliphatic carbocycles. The molecule has 3 saturated heterocycles. The van der Waals surface area contributed by atoms with Crippen molar-refractivity contribution < 1.29 is 19.1 Å². The van der Waals surface area contributed by atoms with Gasteiger partial charge in [0.15, 0.2) is 5.72 Å². The predicted molar refractivity (Wildman–Crippen MR) is 106 cm³/mol. The monoisotopic (exact) mass is 392 g/mol. The first-order valence-corrected chi connectivity index (χ1v) is 10.2. The lowest BCUT2D eigenvalue weighted by molar-refractivity contribution is -0.179. The molecule has 2 amide bonds. The summed E-state index contributed by atoms with van der Waals surface area (Å²) in [7, 11) is 0. The Bertz CT molecular complexity index is 931. The molecule has 150 valence electrons. The Morgan fingerprint density at radius 1 is 1.10 bits per heavy atom. The van der Waals surface area contributed by atoms with Crippen molar-refractivity contribution in [3.63, 3.8) is 0 Å². The standard InChI is InChI=1S/C23H24N2O4/c26-21-15-20-23(25(21)12-6-14-29-23)11-13-24(20)22(27)18-9-4-5-10-19(18)28-16-17-7-2-1-3-8-17/h1-5,7-10,20H,6,11-16H2/t20-,23+/m1/s1. The maximum atomic E-state index is 13.5. The molecule has 0 bridgehead atoms. The molecule has 3 fully saturated rings. The fraction of sp³-hybridized carbons (Fsp3) is 0.391. The van der Waals surface area contributed by atoms with Crippen LogP contribution in [0, 0.1) is 0 Å². The molecule has 2 aromatic rings. The zero-order valence-corrected chi connectivity index (χ0v) is 16.3. The first-order valence-electron chi connectivity index (χ1n) is 10.2. The van der Waals surface area contributed by atoms with Crippen LogP contribution in [0.25, 0.3) is 0 Å². The highest BCUT2D eigenvalue weighted by molar-refractivity contribution is 5.98. The molecule has 0 unspecified atom stereocenters. The lowest BCUT2D eigenvalue weighted by Crippen LogP contribution is -2.56. The Hall–Kier alpha value is -2.86. The van der Waals surface area contributed by atoms with Gasteiger partial charge in [-0.3, -0.25) is 9.59 Å². The first-order chi connectivity index (χ1) is 14.2. The predicted octanol–water partition coefficient (Wildman–Crippen LogP) is 2.83. The largest absolute Gasteiger partial charge is 0.488 e. The summed E-state index contributed by atoms with van der Waals surface area (Å²) in [5.74, 6) is 0.549. The van der Waals surface area contributed by atoms with Gasteiger partial charge in [-0.2, -0.15) is 0 Å². The van der Waals surface area contributed by atoms with Gasteiger partial charge in [0.2, 0.25) is 5.91 Å². The van der Waals surface area contributed by atoms with Crippen LogP contribution >= 0.6 is 0 Å². The molecule has 0 radical (unpaired) electrons. The van der Waals surface area contributed by atoms with E-state index in [2.05, 4.69) is 0 Å². The minimum absolute atomic E-state index is 0.0841. The summed E-state index contributed by atoms with van der Waals surface area (Å²) in [6.07, 6.45) is 1.85. The number of hydrogen-bond acceptors (Lipinski definition) is 4. The van der Waals surface area contributed by atoms with Crippen molar-refractivity contribution in [1.82, 2.24) is 9.80 Å². The van der Waals surface area contributed by atoms with E-state index in [1.807, 2.05) is 58.3 Å². The van der Waals surface area contributed by atoms with Crippen molar-refractivity contribution in [2.45, 2.75) is 37.6 Å². The van der Waals surface area contributed by atoms with Gasteiger partial charge in [-0.15, -0.1) is 0 Å². The van der Waals surface area contributed by atoms with Gasteiger partial charge in [-0.25, -0.2) is 0 Å². The molecular formula is C23H24N2O4. The zero-order chi connectivity index (χ0) is 19.8. The first kappa shape index (κ1) is 18.2. The van der Waals surface area contributed by atoms with Crippen molar-refractivity contribution in [3.8, 4) is 5.75 Å². The second kappa shape index (κ2) is 7.19. The van der Waals surface area contributed by atoms with Crippen LogP contribution in [0.3, 0.4) is 0 Å². The van der Waals surface area contributed by atoms with Crippen LogP contribution < -0.4 is 4.74 Å². The Kier molecular flexibility index (Phi) is 4.51. The third-order valence-corrected chi connectivity index (χ3v) is 6.23. The Morgan fingerprint density at radius 3 is 2.76 bits per heavy atom. The van der Waals surface area contributed by atoms with Gasteiger partial charge in [-0.05, 0) is 24.1 Å². The normalized spacial score (nSPS) is 25.7. The fourth-order valence-corrected chi connectivity index (χ4v) is 4.85. The van der Waals surface area contributed by atoms with Gasteiger partial charge in [0, 0.05) is 19.5 Å². The van der Waals surface area contributed by atoms with Crippen LogP contribution in [-0.4, -0.2) is 53.1 Å². The number of carbonyl (C=O) groups excluding carboxylic acids is 2. The molecule has 1 spiro atoms. The van der Waals surface area contributed by atoms with Crippen molar-refractivity contribution >= 4 is 11.8 Å². The van der Waals surface area contributed by atoms with Gasteiger partial charge < -0.3 is 19.3 Å². The Morgan fingerprint density at radius 2 is 1.90 bits per heavy atom. The Labute approximate surface area is 170 Å². The van der Waals surface area contributed by atoms with E-state index in [0.717, 1.165) is 12.0 Å². The molecule has 3 heterocycles. The van der Waals surface area contributed by atoms with E-state index < -0.39 is 5.72 Å². The smallest absolute Gasteiger partial charge is 0.258 e. The maximum absolute atomic E-state index is 13.5. The van der Waals surface area contributed by atoms with Gasteiger partial charge in [0.25, 0.3) is 5.91 Å². The molecule has 0 saturated carbocycles. The molecule has 6 nitrogen and oxygen atoms in total. The van der Waals surface area contributed by atoms with Crippen LogP contribution in [-0.2, 0) is 16.1 Å². The maximum Gasteiger partial charge on any atom is 0.258 e. The number of hydrogen-bond donors (Lipinski definition) is 0. The molecule has 5 rings (SSSR count). The molecule has 6 heteroatoms. The SMILES string of the molecule is O=C(c1ccccc1OCc1ccccc1)N1CC[C@@]23OCCCN2C(=O)C[C@@H]13. The molecule has 2 atom stereocenters. The van der Waals surface area contributed by atoms with E-state index in [1.165, 1.54) is 0 Å². The summed E-state index contributed by atoms with van der Waals surface area (Å²) in [5, 5.41) is 0. The Balaban J connectivity index is 1.38. The van der Waals surface area contributed by atoms with E-state index in [0.29, 0.717) is 50.5 Å². The summed E-state index contributed by atoms with van der Waals surface area (Å²) in [4.78, 5) is 29.7. The van der Waals surface area contributed by atoms with Crippen molar-refractivity contribution in [2.24, 2.45) is 0 Å². The van der Waals surface area contributed by atoms with Crippen molar-refractivity contribution in [2.75, 3.05) is 19.7 Å². The van der Waals surface area contributed by atoms with Crippen LogP contribution in [0.2, 0.25) is 0 Å². The highest BCUT2D eigenvalue weighted by atomic mass is 16.5. The topological polar surface area (TPSA) is 59.1 Å². The van der Waals surface area contributed by atoms with Gasteiger partial charge >= 0.3 is 0 Å². The molecule has 0 N–H and O–H groups in total. The second-order valence-corrected chi connectivity index (χ2v) is 7.83. The number of benzene rings is 2. The number of ether oxygens (including phenoxy) is 2. The average Bonchev–Trinajstić information content (AvgIpc) is 3.25. The number of likely N-dealkylation sites (tertiary alicyclic amines) is 1. The van der Waals surface area contributed by atoms with Crippen molar-refractivity contribution in [3.05, 3.63) is 65.7 Å². The quantitative estimate of drug-likeness (QED) is 0.803. The summed E-state index contributed by atoms with van der Waals surface area (Å²) in [6, 6.07) is 17.0. The summed E-state index contributed by atoms with van der Waals surface area (Å²) in [5.41, 5.74) is 0.940. The number of carbonyl (C=O) groups is 2. The number of nitrogens with zero attached hydrogens (tertiary/aromatic N) is 2. The van der Waals surface area contributed by atoms with Gasteiger partial charge in [0.05, 0.1) is 24.6 Å². The van der Waals surface area contributed by atoms with Crippen molar-refractivity contribution in [1.29, 1.82) is 0 Å². The highest BCUT2D eigenvalue weighted by Crippen LogP contribution is 2.45. The molecule has 0 aromatic heterocycles. The lowest BCUT2D eigenvalue weighted by atomic mass is 10.0. The van der Waals surface area contributed by atoms with Crippen LogP contribution in [0.5, 0.6) is 5.75 Å². The summed E-state index contributed by atoms with van der Waals surface area (Å²) in [6.45, 7) is 2.33. The fourth-order valence-electron chi connectivity index (χ4n) is 4.85. The number of para-hydroxylation sites is 1. The summed E-state index contributed by atoms with van der Waals surface area (Å²) >= 11 is 0. The van der Waals surface area contributed by atoms with E-state index in [9.17, 15) is 9.59 Å². The van der Waals surface area contributed by atoms with Crippen LogP contribution in [0.1, 0.15) is 35.2 Å².